The van der Waals surface area contributed by atoms with Gasteiger partial charge < -0.3 is 19.9 Å². The number of ether oxygens (including phenoxy) is 1. The Hall–Kier alpha value is -3.40. The van der Waals surface area contributed by atoms with Crippen LogP contribution in [0.2, 0.25) is 0 Å². The molecule has 0 aromatic carbocycles. The first kappa shape index (κ1) is 28.1. The van der Waals surface area contributed by atoms with Crippen LogP contribution in [0.5, 0.6) is 5.88 Å². The van der Waals surface area contributed by atoms with Crippen molar-refractivity contribution in [3.63, 3.8) is 0 Å². The van der Waals surface area contributed by atoms with Crippen molar-refractivity contribution in [3.8, 4) is 5.88 Å². The number of allylic oxidation sites excluding steroid dienone is 5. The van der Waals surface area contributed by atoms with Crippen LogP contribution >= 0.6 is 0 Å². The first-order valence-electron chi connectivity index (χ1n) is 13.9. The lowest BCUT2D eigenvalue weighted by Gasteiger charge is -2.35. The fraction of sp³-hybridized carbons (Fsp3) is 0.500. The maximum atomic E-state index is 15.8. The van der Waals surface area contributed by atoms with Gasteiger partial charge in [0.15, 0.2) is 17.4 Å². The van der Waals surface area contributed by atoms with E-state index in [0.29, 0.717) is 11.7 Å². The molecular weight excluding hydrogens is 517 g/mol. The first-order chi connectivity index (χ1) is 19.1. The van der Waals surface area contributed by atoms with Gasteiger partial charge >= 0.3 is 0 Å². The fourth-order valence-corrected chi connectivity index (χ4v) is 6.03. The molecule has 5 rings (SSSR count). The van der Waals surface area contributed by atoms with Crippen LogP contribution in [0.15, 0.2) is 59.5 Å². The number of hydrogen-bond donors (Lipinski definition) is 1. The summed E-state index contributed by atoms with van der Waals surface area (Å²) >= 11 is 0. The standard InChI is InChI=1S/C30H37F3N6O/c1-17(2)21-12-18(3)13-22-26(19(21)4)23(31)14-24(27(22)32)40-30-28(33)29(35-16-36-30)37-25-7-6-20(15-34-25)39-10-8-38(5)9-11-39/h6-7,13-17,19,21,23,26H,8-12H2,1-5H3,(H,34,35,36,37). The molecule has 10 heteroatoms. The van der Waals surface area contributed by atoms with Crippen LogP contribution < -0.4 is 15.0 Å². The Labute approximate surface area is 233 Å². The van der Waals surface area contributed by atoms with Crippen LogP contribution in [-0.4, -0.2) is 59.3 Å². The van der Waals surface area contributed by atoms with E-state index in [9.17, 15) is 0 Å². The minimum absolute atomic E-state index is 0.0796. The molecule has 40 heavy (non-hydrogen) atoms. The van der Waals surface area contributed by atoms with E-state index < -0.39 is 29.6 Å². The van der Waals surface area contributed by atoms with Gasteiger partial charge in [0, 0.05) is 32.1 Å². The summed E-state index contributed by atoms with van der Waals surface area (Å²) in [7, 11) is 2.09. The van der Waals surface area contributed by atoms with Gasteiger partial charge in [-0.1, -0.05) is 32.4 Å². The zero-order chi connectivity index (χ0) is 28.6. The molecular formula is C30H37F3N6O. The van der Waals surface area contributed by atoms with E-state index >= 15 is 13.2 Å². The summed E-state index contributed by atoms with van der Waals surface area (Å²) in [5.41, 5.74) is 2.22. The number of hydrogen-bond acceptors (Lipinski definition) is 7. The molecule has 3 aliphatic rings. The van der Waals surface area contributed by atoms with Crippen molar-refractivity contribution in [1.82, 2.24) is 19.9 Å². The van der Waals surface area contributed by atoms with Crippen LogP contribution in [-0.2, 0) is 0 Å². The number of fused-ring (bicyclic) bond motifs is 1. The van der Waals surface area contributed by atoms with E-state index in [-0.39, 0.29) is 29.0 Å². The van der Waals surface area contributed by atoms with Gasteiger partial charge in [0.2, 0.25) is 5.82 Å². The summed E-state index contributed by atoms with van der Waals surface area (Å²) in [4.78, 5) is 16.7. The van der Waals surface area contributed by atoms with Crippen molar-refractivity contribution in [1.29, 1.82) is 0 Å². The van der Waals surface area contributed by atoms with E-state index in [1.165, 1.54) is 0 Å². The molecule has 2 aromatic rings. The summed E-state index contributed by atoms with van der Waals surface area (Å²) in [6.45, 7) is 11.9. The highest BCUT2D eigenvalue weighted by Gasteiger charge is 2.41. The highest BCUT2D eigenvalue weighted by atomic mass is 19.1. The molecule has 0 spiro atoms. The summed E-state index contributed by atoms with van der Waals surface area (Å²) in [5, 5.41) is 2.83. The first-order valence-corrected chi connectivity index (χ1v) is 13.9. The maximum absolute atomic E-state index is 15.8. The van der Waals surface area contributed by atoms with Crippen molar-refractivity contribution in [2.45, 2.75) is 40.3 Å². The molecule has 2 aliphatic carbocycles. The van der Waals surface area contributed by atoms with E-state index in [4.69, 9.17) is 4.74 Å². The molecule has 0 saturated carbocycles. The molecule has 1 aliphatic heterocycles. The number of piperazine rings is 1. The van der Waals surface area contributed by atoms with Gasteiger partial charge in [-0.05, 0) is 61.9 Å². The SMILES string of the molecule is CC1=CC2=C(F)C(Oc3ncnc(Nc4ccc(N5CCN(C)CC5)cn4)c3F)=CC(F)C2C(C)C(C(C)C)C1. The number of nitrogens with zero attached hydrogens (tertiary/aromatic N) is 5. The molecule has 0 bridgehead atoms. The normalized spacial score (nSPS) is 25.8. The van der Waals surface area contributed by atoms with Gasteiger partial charge in [-0.3, -0.25) is 0 Å². The summed E-state index contributed by atoms with van der Waals surface area (Å²) in [6.07, 6.45) is 4.95. The average Bonchev–Trinajstić information content (AvgIpc) is 3.06. The molecule has 0 amide bonds. The Bertz CT molecular complexity index is 1320. The van der Waals surface area contributed by atoms with Crippen LogP contribution in [0.25, 0.3) is 0 Å². The molecule has 0 radical (unpaired) electrons. The lowest BCUT2D eigenvalue weighted by Crippen LogP contribution is -2.44. The third-order valence-corrected chi connectivity index (χ3v) is 8.37. The van der Waals surface area contributed by atoms with Gasteiger partial charge in [0.25, 0.3) is 5.88 Å². The monoisotopic (exact) mass is 554 g/mol. The van der Waals surface area contributed by atoms with Gasteiger partial charge in [-0.2, -0.15) is 9.37 Å². The van der Waals surface area contributed by atoms with Crippen LogP contribution in [0, 0.1) is 29.5 Å². The zero-order valence-electron chi connectivity index (χ0n) is 23.7. The van der Waals surface area contributed by atoms with Crippen molar-refractivity contribution < 1.29 is 17.9 Å². The number of alkyl halides is 1. The fourth-order valence-electron chi connectivity index (χ4n) is 6.03. The number of anilines is 3. The predicted molar refractivity (Wildman–Crippen MR) is 150 cm³/mol. The van der Waals surface area contributed by atoms with Crippen molar-refractivity contribution >= 4 is 17.3 Å². The Morgan fingerprint density at radius 2 is 1.82 bits per heavy atom. The largest absolute Gasteiger partial charge is 0.433 e. The topological polar surface area (TPSA) is 66.4 Å². The number of likely N-dealkylation sites (N-methyl/N-ethyl adjacent to an activating group) is 1. The molecule has 4 unspecified atom stereocenters. The third-order valence-electron chi connectivity index (χ3n) is 8.37. The van der Waals surface area contributed by atoms with E-state index in [1.54, 1.807) is 18.3 Å². The Morgan fingerprint density at radius 3 is 2.50 bits per heavy atom. The summed E-state index contributed by atoms with van der Waals surface area (Å²) in [6, 6.07) is 3.65. The second-order valence-electron chi connectivity index (χ2n) is 11.5. The lowest BCUT2D eigenvalue weighted by molar-refractivity contribution is 0.155. The van der Waals surface area contributed by atoms with Crippen LogP contribution in [0.4, 0.5) is 30.5 Å². The number of halogens is 3. The molecule has 1 fully saturated rings. The molecule has 3 heterocycles. The molecule has 1 N–H and O–H groups in total. The van der Waals surface area contributed by atoms with Crippen LogP contribution in [0.3, 0.4) is 0 Å². The van der Waals surface area contributed by atoms with E-state index in [2.05, 4.69) is 51.0 Å². The van der Waals surface area contributed by atoms with Crippen molar-refractivity contribution in [3.05, 3.63) is 65.4 Å². The Kier molecular flexibility index (Phi) is 8.16. The van der Waals surface area contributed by atoms with E-state index in [0.717, 1.165) is 56.3 Å². The number of nitrogens with one attached hydrogen (secondary N) is 1. The molecule has 214 valence electrons. The number of rotatable bonds is 6. The van der Waals surface area contributed by atoms with Crippen molar-refractivity contribution in [2.24, 2.45) is 23.7 Å². The summed E-state index contributed by atoms with van der Waals surface area (Å²) < 4.78 is 52.3. The van der Waals surface area contributed by atoms with Crippen molar-refractivity contribution in [2.75, 3.05) is 43.4 Å². The Balaban J connectivity index is 1.34. The maximum Gasteiger partial charge on any atom is 0.261 e. The second-order valence-corrected chi connectivity index (χ2v) is 11.5. The van der Waals surface area contributed by atoms with Gasteiger partial charge in [0.1, 0.15) is 18.3 Å². The quantitative estimate of drug-likeness (QED) is 0.455. The lowest BCUT2D eigenvalue weighted by atomic mass is 9.71. The minimum atomic E-state index is -1.48. The zero-order valence-corrected chi connectivity index (χ0v) is 23.7. The number of pyridine rings is 1. The number of aromatic nitrogens is 3. The molecule has 1 saturated heterocycles. The molecule has 4 atom stereocenters. The minimum Gasteiger partial charge on any atom is -0.433 e. The smallest absolute Gasteiger partial charge is 0.261 e. The highest BCUT2D eigenvalue weighted by Crippen LogP contribution is 2.46. The summed E-state index contributed by atoms with van der Waals surface area (Å²) in [5.74, 6) is -2.46. The predicted octanol–water partition coefficient (Wildman–Crippen LogP) is 6.22. The average molecular weight is 555 g/mol. The van der Waals surface area contributed by atoms with Gasteiger partial charge in [-0.15, -0.1) is 0 Å². The van der Waals surface area contributed by atoms with Gasteiger partial charge in [-0.25, -0.2) is 18.7 Å². The van der Waals surface area contributed by atoms with Gasteiger partial charge in [0.05, 0.1) is 11.9 Å². The molecule has 7 nitrogen and oxygen atoms in total. The Morgan fingerprint density at radius 1 is 1.07 bits per heavy atom. The molecule has 2 aromatic heterocycles. The third kappa shape index (κ3) is 5.73. The highest BCUT2D eigenvalue weighted by molar-refractivity contribution is 5.57. The second kappa shape index (κ2) is 11.6. The van der Waals surface area contributed by atoms with Crippen LogP contribution in [0.1, 0.15) is 34.1 Å². The van der Waals surface area contributed by atoms with E-state index in [1.807, 2.05) is 19.9 Å².